The molecule has 0 aliphatic heterocycles. The average Bonchev–Trinajstić information content (AvgIpc) is 3.22. The third kappa shape index (κ3) is 3.86. The number of amides is 1. The summed E-state index contributed by atoms with van der Waals surface area (Å²) >= 11 is 5.29. The summed E-state index contributed by atoms with van der Waals surface area (Å²) in [6.07, 6.45) is 0. The van der Waals surface area contributed by atoms with E-state index in [1.165, 1.54) is 0 Å². The van der Waals surface area contributed by atoms with Crippen LogP contribution in [0.4, 0.5) is 5.69 Å². The van der Waals surface area contributed by atoms with Crippen LogP contribution in [0.3, 0.4) is 0 Å². The van der Waals surface area contributed by atoms with Gasteiger partial charge in [0.25, 0.3) is 5.91 Å². The Morgan fingerprint density at radius 1 is 0.806 bits per heavy atom. The van der Waals surface area contributed by atoms with Gasteiger partial charge in [0, 0.05) is 16.6 Å². The van der Waals surface area contributed by atoms with Crippen molar-refractivity contribution in [2.45, 2.75) is 0 Å². The van der Waals surface area contributed by atoms with Crippen LogP contribution in [0, 0.1) is 0 Å². The van der Waals surface area contributed by atoms with Gasteiger partial charge in [0.05, 0.1) is 5.69 Å². The lowest BCUT2D eigenvalue weighted by atomic mass is 10.1. The van der Waals surface area contributed by atoms with Gasteiger partial charge in [-0.2, -0.15) is 0 Å². The average molecular weight is 424 g/mol. The molecule has 0 unspecified atom stereocenters. The fourth-order valence-electron chi connectivity index (χ4n) is 3.41. The number of carbonyl (C=O) groups is 1. The molecule has 1 heterocycles. The summed E-state index contributed by atoms with van der Waals surface area (Å²) in [6, 6.07) is 28.7. The third-order valence-corrected chi connectivity index (χ3v) is 5.09. The maximum atomic E-state index is 12.3. The van der Waals surface area contributed by atoms with Crippen LogP contribution in [-0.4, -0.2) is 26.0 Å². The number of fused-ring (bicyclic) bond motifs is 2. The molecule has 0 aliphatic carbocycles. The third-order valence-electron chi connectivity index (χ3n) is 4.88. The van der Waals surface area contributed by atoms with Crippen molar-refractivity contribution < 1.29 is 4.79 Å². The lowest BCUT2D eigenvalue weighted by Gasteiger charge is -2.09. The highest BCUT2D eigenvalue weighted by atomic mass is 32.1. The number of carbonyl (C=O) groups excluding carboxylic acids is 1. The van der Waals surface area contributed by atoms with E-state index in [0.717, 1.165) is 33.2 Å². The molecule has 0 atom stereocenters. The molecule has 1 aromatic heterocycles. The fraction of sp³-hybridized carbons (Fsp3) is 0. The lowest BCUT2D eigenvalue weighted by Crippen LogP contribution is -2.34. The standard InChI is InChI=1S/C24H17N5OS/c30-23(17-8-2-1-3-9-17)26-24(31)25-18-13-14-20-21(15-18)28-29(27-20)22-12-6-10-16-7-4-5-11-19(16)22/h1-15H,(H2,25,26,30,31). The molecule has 0 saturated carbocycles. The molecule has 0 spiro atoms. The minimum absolute atomic E-state index is 0.217. The maximum Gasteiger partial charge on any atom is 0.257 e. The summed E-state index contributed by atoms with van der Waals surface area (Å²) in [5.41, 5.74) is 3.65. The molecule has 150 valence electrons. The molecule has 1 amide bonds. The Hall–Kier alpha value is -4.10. The van der Waals surface area contributed by atoms with Crippen molar-refractivity contribution in [3.05, 3.63) is 96.6 Å². The topological polar surface area (TPSA) is 71.8 Å². The van der Waals surface area contributed by atoms with E-state index < -0.39 is 0 Å². The first-order valence-corrected chi connectivity index (χ1v) is 10.1. The van der Waals surface area contributed by atoms with Crippen LogP contribution in [0.2, 0.25) is 0 Å². The Morgan fingerprint density at radius 3 is 2.42 bits per heavy atom. The normalized spacial score (nSPS) is 10.8. The molecule has 2 N–H and O–H groups in total. The van der Waals surface area contributed by atoms with E-state index in [1.807, 2.05) is 48.5 Å². The summed E-state index contributed by atoms with van der Waals surface area (Å²) in [6.45, 7) is 0. The van der Waals surface area contributed by atoms with Gasteiger partial charge in [0.2, 0.25) is 0 Å². The highest BCUT2D eigenvalue weighted by Gasteiger charge is 2.10. The smallest absolute Gasteiger partial charge is 0.257 e. The molecule has 6 nitrogen and oxygen atoms in total. The Balaban J connectivity index is 1.38. The fourth-order valence-corrected chi connectivity index (χ4v) is 3.62. The monoisotopic (exact) mass is 423 g/mol. The van der Waals surface area contributed by atoms with Crippen molar-refractivity contribution in [3.63, 3.8) is 0 Å². The zero-order valence-electron chi connectivity index (χ0n) is 16.3. The first-order chi connectivity index (χ1) is 15.2. The second-order valence-corrected chi connectivity index (χ2v) is 7.37. The molecule has 4 aromatic carbocycles. The maximum absolute atomic E-state index is 12.3. The molecular weight excluding hydrogens is 406 g/mol. The molecule has 5 rings (SSSR count). The molecular formula is C24H17N5OS. The van der Waals surface area contributed by atoms with E-state index in [2.05, 4.69) is 39.0 Å². The summed E-state index contributed by atoms with van der Waals surface area (Å²) in [4.78, 5) is 13.9. The molecule has 31 heavy (non-hydrogen) atoms. The van der Waals surface area contributed by atoms with Gasteiger partial charge < -0.3 is 5.32 Å². The van der Waals surface area contributed by atoms with Crippen LogP contribution in [0.25, 0.3) is 27.5 Å². The number of thiocarbonyl (C=S) groups is 1. The summed E-state index contributed by atoms with van der Waals surface area (Å²) in [5.74, 6) is -0.263. The number of anilines is 1. The Labute approximate surface area is 183 Å². The van der Waals surface area contributed by atoms with Gasteiger partial charge in [0.1, 0.15) is 11.0 Å². The second kappa shape index (κ2) is 7.97. The number of nitrogens with zero attached hydrogens (tertiary/aromatic N) is 3. The number of nitrogens with one attached hydrogen (secondary N) is 2. The van der Waals surface area contributed by atoms with E-state index >= 15 is 0 Å². The first-order valence-electron chi connectivity index (χ1n) is 9.70. The van der Waals surface area contributed by atoms with Crippen LogP contribution >= 0.6 is 12.2 Å². The number of hydrogen-bond donors (Lipinski definition) is 2. The van der Waals surface area contributed by atoms with Crippen LogP contribution in [0.15, 0.2) is 91.0 Å². The Morgan fingerprint density at radius 2 is 1.55 bits per heavy atom. The highest BCUT2D eigenvalue weighted by molar-refractivity contribution is 7.80. The predicted octanol–water partition coefficient (Wildman–Crippen LogP) is 4.70. The predicted molar refractivity (Wildman–Crippen MR) is 126 cm³/mol. The van der Waals surface area contributed by atoms with Gasteiger partial charge in [-0.3, -0.25) is 10.1 Å². The zero-order chi connectivity index (χ0) is 21.2. The van der Waals surface area contributed by atoms with E-state index in [0.29, 0.717) is 5.56 Å². The van der Waals surface area contributed by atoms with Crippen molar-refractivity contribution in [1.29, 1.82) is 0 Å². The molecule has 7 heteroatoms. The minimum atomic E-state index is -0.263. The largest absolute Gasteiger partial charge is 0.332 e. The second-order valence-electron chi connectivity index (χ2n) is 6.97. The number of aromatic nitrogens is 3. The molecule has 0 bridgehead atoms. The molecule has 0 saturated heterocycles. The van der Waals surface area contributed by atoms with E-state index in [-0.39, 0.29) is 11.0 Å². The van der Waals surface area contributed by atoms with Crippen molar-refractivity contribution in [2.75, 3.05) is 5.32 Å². The van der Waals surface area contributed by atoms with Gasteiger partial charge in [-0.1, -0.05) is 54.6 Å². The van der Waals surface area contributed by atoms with Crippen molar-refractivity contribution >= 4 is 50.7 Å². The van der Waals surface area contributed by atoms with Crippen LogP contribution in [-0.2, 0) is 0 Å². The van der Waals surface area contributed by atoms with Crippen LogP contribution < -0.4 is 10.6 Å². The summed E-state index contributed by atoms with van der Waals surface area (Å²) < 4.78 is 0. The molecule has 0 aliphatic rings. The zero-order valence-corrected chi connectivity index (χ0v) is 17.1. The quantitative estimate of drug-likeness (QED) is 0.412. The van der Waals surface area contributed by atoms with E-state index in [9.17, 15) is 4.79 Å². The highest BCUT2D eigenvalue weighted by Crippen LogP contribution is 2.23. The van der Waals surface area contributed by atoms with Crippen molar-refractivity contribution in [2.24, 2.45) is 0 Å². The van der Waals surface area contributed by atoms with Crippen LogP contribution in [0.5, 0.6) is 0 Å². The van der Waals surface area contributed by atoms with Gasteiger partial charge in [-0.25, -0.2) is 0 Å². The number of benzene rings is 4. The Kier molecular flexibility index (Phi) is 4.86. The number of hydrogen-bond acceptors (Lipinski definition) is 4. The molecule has 5 aromatic rings. The minimum Gasteiger partial charge on any atom is -0.332 e. The van der Waals surface area contributed by atoms with Crippen molar-refractivity contribution in [3.8, 4) is 5.69 Å². The van der Waals surface area contributed by atoms with Gasteiger partial charge in [0.15, 0.2) is 5.11 Å². The van der Waals surface area contributed by atoms with Gasteiger partial charge in [-0.05, 0) is 54.0 Å². The van der Waals surface area contributed by atoms with Gasteiger partial charge >= 0.3 is 0 Å². The SMILES string of the molecule is O=C(NC(=S)Nc1ccc2nn(-c3cccc4ccccc34)nc2c1)c1ccccc1. The summed E-state index contributed by atoms with van der Waals surface area (Å²) in [5, 5.41) is 17.4. The summed E-state index contributed by atoms with van der Waals surface area (Å²) in [7, 11) is 0. The van der Waals surface area contributed by atoms with Gasteiger partial charge in [-0.15, -0.1) is 15.0 Å². The molecule has 0 fully saturated rings. The molecule has 0 radical (unpaired) electrons. The van der Waals surface area contributed by atoms with Crippen LogP contribution in [0.1, 0.15) is 10.4 Å². The van der Waals surface area contributed by atoms with E-state index in [4.69, 9.17) is 12.2 Å². The van der Waals surface area contributed by atoms with E-state index in [1.54, 1.807) is 29.1 Å². The first kappa shape index (κ1) is 18.9. The number of rotatable bonds is 3. The lowest BCUT2D eigenvalue weighted by molar-refractivity contribution is 0.0977. The van der Waals surface area contributed by atoms with Crippen molar-refractivity contribution in [1.82, 2.24) is 20.3 Å². The Bertz CT molecular complexity index is 1420.